The minimum absolute atomic E-state index is 0.262. The summed E-state index contributed by atoms with van der Waals surface area (Å²) in [4.78, 5) is 4.49. The Hall–Kier alpha value is -2.09. The Labute approximate surface area is 173 Å². The van der Waals surface area contributed by atoms with Crippen molar-refractivity contribution in [1.82, 2.24) is 15.0 Å². The topological polar surface area (TPSA) is 71.2 Å². The van der Waals surface area contributed by atoms with Gasteiger partial charge < -0.3 is 24.0 Å². The van der Waals surface area contributed by atoms with E-state index in [9.17, 15) is 5.11 Å². The lowest BCUT2D eigenvalue weighted by Gasteiger charge is -2.21. The monoisotopic (exact) mass is 403 g/mol. The lowest BCUT2D eigenvalue weighted by molar-refractivity contribution is 0.0747. The Morgan fingerprint density at radius 1 is 1.21 bits per heavy atom. The van der Waals surface area contributed by atoms with Crippen LogP contribution in [0.3, 0.4) is 0 Å². The van der Waals surface area contributed by atoms with Crippen molar-refractivity contribution in [2.24, 2.45) is 0 Å². The maximum Gasteiger partial charge on any atom is 0.161 e. The molecule has 0 radical (unpaired) electrons. The molecule has 0 amide bonds. The first kappa shape index (κ1) is 21.6. The Kier molecular flexibility index (Phi) is 7.52. The van der Waals surface area contributed by atoms with Crippen LogP contribution in [-0.4, -0.2) is 66.6 Å². The summed E-state index contributed by atoms with van der Waals surface area (Å²) >= 11 is 0. The van der Waals surface area contributed by atoms with E-state index in [-0.39, 0.29) is 6.61 Å². The summed E-state index contributed by atoms with van der Waals surface area (Å²) in [5.74, 6) is 2.20. The molecule has 7 nitrogen and oxygen atoms in total. The fourth-order valence-electron chi connectivity index (χ4n) is 3.80. The molecule has 160 valence electrons. The molecule has 2 aromatic rings. The van der Waals surface area contributed by atoms with Crippen molar-refractivity contribution >= 4 is 0 Å². The first-order valence-corrected chi connectivity index (χ1v) is 10.3. The van der Waals surface area contributed by atoms with Gasteiger partial charge >= 0.3 is 0 Å². The molecule has 29 heavy (non-hydrogen) atoms. The predicted molar refractivity (Wildman–Crippen MR) is 111 cm³/mol. The molecular formula is C22H33N3O4. The lowest BCUT2D eigenvalue weighted by atomic mass is 10.1. The quantitative estimate of drug-likeness (QED) is 0.654. The average molecular weight is 404 g/mol. The van der Waals surface area contributed by atoms with Crippen LogP contribution >= 0.6 is 0 Å². The Morgan fingerprint density at radius 2 is 1.97 bits per heavy atom. The summed E-state index contributed by atoms with van der Waals surface area (Å²) < 4.78 is 16.6. The molecule has 1 atom stereocenters. The zero-order valence-corrected chi connectivity index (χ0v) is 18.0. The van der Waals surface area contributed by atoms with E-state index < -0.39 is 6.10 Å². The number of benzene rings is 1. The zero-order chi connectivity index (χ0) is 20.8. The largest absolute Gasteiger partial charge is 0.493 e. The first-order valence-electron chi connectivity index (χ1n) is 10.3. The van der Waals surface area contributed by atoms with Crippen LogP contribution in [0.2, 0.25) is 0 Å². The molecule has 0 unspecified atom stereocenters. The normalized spacial score (nSPS) is 15.8. The average Bonchev–Trinajstić information content (AvgIpc) is 3.32. The minimum atomic E-state index is -0.501. The van der Waals surface area contributed by atoms with E-state index in [1.165, 1.54) is 12.8 Å². The predicted octanol–water partition coefficient (Wildman–Crippen LogP) is 2.77. The number of aliphatic hydroxyl groups excluding tert-OH is 1. The van der Waals surface area contributed by atoms with Gasteiger partial charge in [0.15, 0.2) is 11.5 Å². The SMILES string of the molecule is COc1cc(CN(C)Cc2c(C)noc2C)ccc1OC[C@@H](O)CN1CCCC1. The van der Waals surface area contributed by atoms with Crippen LogP contribution in [0.4, 0.5) is 0 Å². The molecule has 0 aliphatic carbocycles. The number of hydrogen-bond acceptors (Lipinski definition) is 7. The van der Waals surface area contributed by atoms with Gasteiger partial charge in [0.1, 0.15) is 18.5 Å². The van der Waals surface area contributed by atoms with Crippen LogP contribution in [0.25, 0.3) is 0 Å². The second-order valence-corrected chi connectivity index (χ2v) is 7.93. The third-order valence-corrected chi connectivity index (χ3v) is 5.39. The van der Waals surface area contributed by atoms with Crippen molar-refractivity contribution in [3.05, 3.63) is 40.8 Å². The second-order valence-electron chi connectivity index (χ2n) is 7.93. The van der Waals surface area contributed by atoms with Crippen molar-refractivity contribution in [2.75, 3.05) is 40.4 Å². The number of aryl methyl sites for hydroxylation is 2. The second kappa shape index (κ2) is 10.1. The van der Waals surface area contributed by atoms with Gasteiger partial charge in [-0.05, 0) is 64.5 Å². The summed E-state index contributed by atoms with van der Waals surface area (Å²) in [5, 5.41) is 14.3. The fourth-order valence-corrected chi connectivity index (χ4v) is 3.80. The number of likely N-dealkylation sites (tertiary alicyclic amines) is 1. The van der Waals surface area contributed by atoms with Gasteiger partial charge in [0, 0.05) is 25.2 Å². The van der Waals surface area contributed by atoms with Gasteiger partial charge in [0.25, 0.3) is 0 Å². The third-order valence-electron chi connectivity index (χ3n) is 5.39. The third kappa shape index (κ3) is 5.95. The van der Waals surface area contributed by atoms with Gasteiger partial charge in [-0.15, -0.1) is 0 Å². The van der Waals surface area contributed by atoms with Gasteiger partial charge in [-0.2, -0.15) is 0 Å². The Balaban J connectivity index is 1.55. The molecule has 1 fully saturated rings. The van der Waals surface area contributed by atoms with E-state index in [4.69, 9.17) is 14.0 Å². The van der Waals surface area contributed by atoms with Crippen LogP contribution in [0.1, 0.15) is 35.4 Å². The van der Waals surface area contributed by atoms with E-state index in [2.05, 4.69) is 22.0 Å². The summed E-state index contributed by atoms with van der Waals surface area (Å²) in [7, 11) is 3.71. The van der Waals surface area contributed by atoms with Gasteiger partial charge in [0.05, 0.1) is 12.8 Å². The van der Waals surface area contributed by atoms with Gasteiger partial charge in [-0.25, -0.2) is 0 Å². The number of nitrogens with zero attached hydrogens (tertiary/aromatic N) is 3. The molecule has 1 N–H and O–H groups in total. The molecule has 1 aromatic heterocycles. The number of ether oxygens (including phenoxy) is 2. The Bertz CT molecular complexity index is 767. The van der Waals surface area contributed by atoms with Crippen LogP contribution in [0.15, 0.2) is 22.7 Å². The van der Waals surface area contributed by atoms with Crippen LogP contribution in [0, 0.1) is 13.8 Å². The highest BCUT2D eigenvalue weighted by molar-refractivity contribution is 5.43. The first-order chi connectivity index (χ1) is 14.0. The van der Waals surface area contributed by atoms with Gasteiger partial charge in [-0.3, -0.25) is 4.90 Å². The number of methoxy groups -OCH3 is 1. The molecule has 0 spiro atoms. The fraction of sp³-hybridized carbons (Fsp3) is 0.591. The van der Waals surface area contributed by atoms with E-state index in [1.807, 2.05) is 32.0 Å². The molecule has 2 heterocycles. The number of aliphatic hydroxyl groups is 1. The molecule has 3 rings (SSSR count). The number of β-amino-alcohol motifs (C(OH)–C–C–N with tert-alkyl or cyclic N) is 1. The van der Waals surface area contributed by atoms with Gasteiger partial charge in [0.2, 0.25) is 0 Å². The van der Waals surface area contributed by atoms with Crippen molar-refractivity contribution in [1.29, 1.82) is 0 Å². The van der Waals surface area contributed by atoms with E-state index in [1.54, 1.807) is 7.11 Å². The molecule has 0 saturated carbocycles. The Morgan fingerprint density at radius 3 is 2.62 bits per heavy atom. The standard InChI is InChI=1S/C22H33N3O4/c1-16-20(17(2)29-23-16)14-24(3)12-18-7-8-21(22(11-18)27-4)28-15-19(26)13-25-9-5-6-10-25/h7-8,11,19,26H,5-6,9-10,12-15H2,1-4H3/t19-/m0/s1. The highest BCUT2D eigenvalue weighted by Gasteiger charge is 2.17. The molecule has 7 heteroatoms. The summed E-state index contributed by atoms with van der Waals surface area (Å²) in [6.45, 7) is 8.49. The maximum atomic E-state index is 10.2. The number of rotatable bonds is 10. The highest BCUT2D eigenvalue weighted by Crippen LogP contribution is 2.29. The smallest absolute Gasteiger partial charge is 0.161 e. The summed E-state index contributed by atoms with van der Waals surface area (Å²) in [6, 6.07) is 5.95. The lowest BCUT2D eigenvalue weighted by Crippen LogP contribution is -2.33. The van der Waals surface area contributed by atoms with Crippen molar-refractivity contribution < 1.29 is 19.1 Å². The molecule has 1 aliphatic rings. The van der Waals surface area contributed by atoms with Crippen LogP contribution in [0.5, 0.6) is 11.5 Å². The maximum absolute atomic E-state index is 10.2. The van der Waals surface area contributed by atoms with Crippen LogP contribution in [-0.2, 0) is 13.1 Å². The number of hydrogen-bond donors (Lipinski definition) is 1. The molecule has 1 aromatic carbocycles. The summed E-state index contributed by atoms with van der Waals surface area (Å²) in [5.41, 5.74) is 3.19. The zero-order valence-electron chi connectivity index (χ0n) is 18.0. The van der Waals surface area contributed by atoms with E-state index in [0.717, 1.165) is 48.8 Å². The van der Waals surface area contributed by atoms with Crippen molar-refractivity contribution in [3.8, 4) is 11.5 Å². The van der Waals surface area contributed by atoms with Crippen molar-refractivity contribution in [2.45, 2.75) is 45.9 Å². The van der Waals surface area contributed by atoms with E-state index in [0.29, 0.717) is 18.0 Å². The minimum Gasteiger partial charge on any atom is -0.493 e. The molecular weight excluding hydrogens is 370 g/mol. The van der Waals surface area contributed by atoms with E-state index >= 15 is 0 Å². The molecule has 0 bridgehead atoms. The van der Waals surface area contributed by atoms with Crippen LogP contribution < -0.4 is 9.47 Å². The van der Waals surface area contributed by atoms with Gasteiger partial charge in [-0.1, -0.05) is 11.2 Å². The highest BCUT2D eigenvalue weighted by atomic mass is 16.5. The van der Waals surface area contributed by atoms with Crippen molar-refractivity contribution in [3.63, 3.8) is 0 Å². The molecule has 1 aliphatic heterocycles. The number of aromatic nitrogens is 1. The summed E-state index contributed by atoms with van der Waals surface area (Å²) in [6.07, 6.45) is 1.93. The molecule has 1 saturated heterocycles.